The molecule has 1 N–H and O–H groups in total. The van der Waals surface area contributed by atoms with Gasteiger partial charge in [-0.25, -0.2) is 0 Å². The van der Waals surface area contributed by atoms with Crippen LogP contribution in [0.2, 0.25) is 0 Å². The lowest BCUT2D eigenvalue weighted by atomic mass is 10.1. The Hall–Kier alpha value is -2.71. The zero-order chi connectivity index (χ0) is 21.2. The number of amides is 1. The van der Waals surface area contributed by atoms with Gasteiger partial charge in [0.1, 0.15) is 0 Å². The van der Waals surface area contributed by atoms with Gasteiger partial charge in [-0.1, -0.05) is 30.8 Å². The van der Waals surface area contributed by atoms with E-state index in [0.717, 1.165) is 35.1 Å². The summed E-state index contributed by atoms with van der Waals surface area (Å²) >= 11 is 1.38. The van der Waals surface area contributed by atoms with Crippen molar-refractivity contribution < 1.29 is 9.53 Å². The second-order valence-electron chi connectivity index (χ2n) is 6.63. The van der Waals surface area contributed by atoms with Crippen LogP contribution in [-0.4, -0.2) is 44.6 Å². The Labute approximate surface area is 181 Å². The first-order valence-corrected chi connectivity index (χ1v) is 11.1. The van der Waals surface area contributed by atoms with E-state index in [1.54, 1.807) is 12.4 Å². The predicted molar refractivity (Wildman–Crippen MR) is 120 cm³/mol. The van der Waals surface area contributed by atoms with E-state index in [4.69, 9.17) is 4.74 Å². The Morgan fingerprint density at radius 1 is 1.10 bits per heavy atom. The van der Waals surface area contributed by atoms with E-state index in [9.17, 15) is 4.79 Å². The third-order valence-electron chi connectivity index (χ3n) is 4.51. The quantitative estimate of drug-likeness (QED) is 0.369. The van der Waals surface area contributed by atoms with E-state index in [2.05, 4.69) is 27.4 Å². The number of pyridine rings is 1. The van der Waals surface area contributed by atoms with E-state index in [1.807, 2.05) is 47.9 Å². The molecule has 0 fully saturated rings. The topological polar surface area (TPSA) is 81.9 Å². The van der Waals surface area contributed by atoms with Gasteiger partial charge in [0.25, 0.3) is 0 Å². The summed E-state index contributed by atoms with van der Waals surface area (Å²) in [5.74, 6) is 0.959. The van der Waals surface area contributed by atoms with E-state index in [-0.39, 0.29) is 11.7 Å². The van der Waals surface area contributed by atoms with Crippen molar-refractivity contribution in [3.63, 3.8) is 0 Å². The summed E-state index contributed by atoms with van der Waals surface area (Å²) in [4.78, 5) is 16.5. The molecule has 3 aromatic rings. The number of nitrogens with zero attached hydrogens (tertiary/aromatic N) is 4. The molecule has 0 unspecified atom stereocenters. The molecule has 0 aliphatic carbocycles. The van der Waals surface area contributed by atoms with Crippen LogP contribution in [0.15, 0.2) is 53.9 Å². The largest absolute Gasteiger partial charge is 0.382 e. The molecule has 3 rings (SSSR count). The number of hydrogen-bond donors (Lipinski definition) is 1. The van der Waals surface area contributed by atoms with Gasteiger partial charge in [-0.15, -0.1) is 10.2 Å². The Morgan fingerprint density at radius 2 is 1.87 bits per heavy atom. The first-order chi connectivity index (χ1) is 14.7. The maximum atomic E-state index is 12.4. The van der Waals surface area contributed by atoms with Crippen LogP contribution < -0.4 is 5.32 Å². The second-order valence-corrected chi connectivity index (χ2v) is 7.57. The van der Waals surface area contributed by atoms with Gasteiger partial charge in [0.2, 0.25) is 5.91 Å². The third-order valence-corrected chi connectivity index (χ3v) is 5.47. The number of ether oxygens (including phenoxy) is 1. The Morgan fingerprint density at radius 3 is 2.57 bits per heavy atom. The van der Waals surface area contributed by atoms with Gasteiger partial charge in [-0.3, -0.25) is 9.78 Å². The number of aryl methyl sites for hydroxylation is 1. The van der Waals surface area contributed by atoms with E-state index < -0.39 is 0 Å². The summed E-state index contributed by atoms with van der Waals surface area (Å²) < 4.78 is 7.51. The molecule has 30 heavy (non-hydrogen) atoms. The highest BCUT2D eigenvalue weighted by Gasteiger charge is 2.15. The van der Waals surface area contributed by atoms with Crippen LogP contribution in [0.4, 0.5) is 5.69 Å². The van der Waals surface area contributed by atoms with Gasteiger partial charge in [-0.05, 0) is 49.6 Å². The number of rotatable bonds is 11. The normalized spacial score (nSPS) is 10.9. The molecule has 0 saturated carbocycles. The zero-order valence-electron chi connectivity index (χ0n) is 17.4. The predicted octanol–water partition coefficient (Wildman–Crippen LogP) is 4.06. The number of anilines is 1. The third kappa shape index (κ3) is 6.14. The van der Waals surface area contributed by atoms with Crippen LogP contribution in [0.3, 0.4) is 0 Å². The second kappa shape index (κ2) is 11.5. The van der Waals surface area contributed by atoms with E-state index >= 15 is 0 Å². The average molecular weight is 426 g/mol. The van der Waals surface area contributed by atoms with Crippen LogP contribution in [-0.2, 0) is 22.5 Å². The summed E-state index contributed by atoms with van der Waals surface area (Å²) in [5, 5.41) is 12.3. The molecule has 1 amide bonds. The fourth-order valence-electron chi connectivity index (χ4n) is 2.93. The number of aromatic nitrogens is 4. The van der Waals surface area contributed by atoms with Crippen molar-refractivity contribution in [2.45, 2.75) is 38.4 Å². The lowest BCUT2D eigenvalue weighted by molar-refractivity contribution is -0.113. The van der Waals surface area contributed by atoms with Crippen molar-refractivity contribution in [1.82, 2.24) is 19.7 Å². The van der Waals surface area contributed by atoms with E-state index in [1.165, 1.54) is 17.3 Å². The van der Waals surface area contributed by atoms with Crippen LogP contribution in [0.25, 0.3) is 11.4 Å². The first kappa shape index (κ1) is 22.0. The van der Waals surface area contributed by atoms with Gasteiger partial charge >= 0.3 is 0 Å². The molecule has 0 aliphatic heterocycles. The SMILES string of the molecule is CCOCCCn1c(SCC(=O)Nc2ccc(CC)cc2)nnc1-c1ccncc1. The van der Waals surface area contributed by atoms with Crippen molar-refractivity contribution in [3.8, 4) is 11.4 Å². The van der Waals surface area contributed by atoms with Gasteiger partial charge < -0.3 is 14.6 Å². The highest BCUT2D eigenvalue weighted by molar-refractivity contribution is 7.99. The van der Waals surface area contributed by atoms with Crippen LogP contribution >= 0.6 is 11.8 Å². The molecule has 2 heterocycles. The molecule has 0 atom stereocenters. The molecule has 8 heteroatoms. The maximum absolute atomic E-state index is 12.4. The van der Waals surface area contributed by atoms with Crippen molar-refractivity contribution in [2.24, 2.45) is 0 Å². The van der Waals surface area contributed by atoms with E-state index in [0.29, 0.717) is 19.8 Å². The van der Waals surface area contributed by atoms with Crippen LogP contribution in [0.1, 0.15) is 25.8 Å². The molecule has 1 aromatic carbocycles. The lowest BCUT2D eigenvalue weighted by Crippen LogP contribution is -2.15. The van der Waals surface area contributed by atoms with Gasteiger partial charge in [0.05, 0.1) is 5.75 Å². The highest BCUT2D eigenvalue weighted by atomic mass is 32.2. The first-order valence-electron chi connectivity index (χ1n) is 10.1. The van der Waals surface area contributed by atoms with Crippen molar-refractivity contribution >= 4 is 23.4 Å². The smallest absolute Gasteiger partial charge is 0.234 e. The Balaban J connectivity index is 1.66. The van der Waals surface area contributed by atoms with Crippen molar-refractivity contribution in [3.05, 3.63) is 54.4 Å². The zero-order valence-corrected chi connectivity index (χ0v) is 18.2. The van der Waals surface area contributed by atoms with Crippen molar-refractivity contribution in [1.29, 1.82) is 0 Å². The molecular formula is C22H27N5O2S. The molecule has 0 spiro atoms. The average Bonchev–Trinajstić information content (AvgIpc) is 3.19. The Bertz CT molecular complexity index is 928. The summed E-state index contributed by atoms with van der Waals surface area (Å²) in [5.41, 5.74) is 2.99. The lowest BCUT2D eigenvalue weighted by Gasteiger charge is -2.10. The number of hydrogen-bond acceptors (Lipinski definition) is 6. The summed E-state index contributed by atoms with van der Waals surface area (Å²) in [6.07, 6.45) is 5.29. The van der Waals surface area contributed by atoms with Crippen LogP contribution in [0, 0.1) is 0 Å². The van der Waals surface area contributed by atoms with Gasteiger partial charge in [0.15, 0.2) is 11.0 Å². The molecule has 0 aliphatic rings. The number of carbonyl (C=O) groups excluding carboxylic acids is 1. The summed E-state index contributed by atoms with van der Waals surface area (Å²) in [6.45, 7) is 6.17. The molecular weight excluding hydrogens is 398 g/mol. The Kier molecular flexibility index (Phi) is 8.41. The van der Waals surface area contributed by atoms with Gasteiger partial charge in [0, 0.05) is 43.4 Å². The number of carbonyl (C=O) groups is 1. The standard InChI is InChI=1S/C22H27N5O2S/c1-3-17-6-8-19(9-7-17)24-20(28)16-30-22-26-25-21(18-10-12-23-13-11-18)27(22)14-5-15-29-4-2/h6-13H,3-5,14-16H2,1-2H3,(H,24,28). The summed E-state index contributed by atoms with van der Waals surface area (Å²) in [7, 11) is 0. The minimum Gasteiger partial charge on any atom is -0.382 e. The molecule has 2 aromatic heterocycles. The molecule has 0 bridgehead atoms. The molecule has 7 nitrogen and oxygen atoms in total. The number of thioether (sulfide) groups is 1. The fourth-order valence-corrected chi connectivity index (χ4v) is 3.70. The minimum absolute atomic E-state index is 0.0708. The molecule has 0 saturated heterocycles. The number of benzene rings is 1. The fraction of sp³-hybridized carbons (Fsp3) is 0.364. The minimum atomic E-state index is -0.0708. The van der Waals surface area contributed by atoms with Gasteiger partial charge in [-0.2, -0.15) is 0 Å². The molecule has 158 valence electrons. The van der Waals surface area contributed by atoms with Crippen LogP contribution in [0.5, 0.6) is 0 Å². The highest BCUT2D eigenvalue weighted by Crippen LogP contribution is 2.24. The maximum Gasteiger partial charge on any atom is 0.234 e. The monoisotopic (exact) mass is 425 g/mol. The molecule has 0 radical (unpaired) electrons. The number of nitrogens with one attached hydrogen (secondary N) is 1. The summed E-state index contributed by atoms with van der Waals surface area (Å²) in [6, 6.07) is 11.7. The van der Waals surface area contributed by atoms with Crippen molar-refractivity contribution in [2.75, 3.05) is 24.3 Å².